The fraction of sp³-hybridized carbons (Fsp3) is 0.286. The van der Waals surface area contributed by atoms with Gasteiger partial charge in [-0.1, -0.05) is 48.9 Å². The molecule has 0 spiro atoms. The third kappa shape index (κ3) is 5.95. The Balaban J connectivity index is 2.04. The number of rotatable bonds is 6. The third-order valence-corrected chi connectivity index (χ3v) is 4.15. The van der Waals surface area contributed by atoms with Crippen LogP contribution < -0.4 is 16.0 Å². The van der Waals surface area contributed by atoms with Crippen molar-refractivity contribution in [2.75, 3.05) is 5.32 Å². The van der Waals surface area contributed by atoms with E-state index in [-0.39, 0.29) is 11.9 Å². The van der Waals surface area contributed by atoms with E-state index in [4.69, 9.17) is 0 Å². The van der Waals surface area contributed by atoms with Crippen molar-refractivity contribution in [2.45, 2.75) is 39.8 Å². The van der Waals surface area contributed by atoms with Gasteiger partial charge in [0.1, 0.15) is 0 Å². The van der Waals surface area contributed by atoms with Crippen molar-refractivity contribution in [3.05, 3.63) is 65.2 Å². The van der Waals surface area contributed by atoms with Crippen LogP contribution in [0.1, 0.15) is 41.8 Å². The molecule has 27 heavy (non-hydrogen) atoms. The van der Waals surface area contributed by atoms with Crippen LogP contribution in [0.15, 0.2) is 48.5 Å². The summed E-state index contributed by atoms with van der Waals surface area (Å²) >= 11 is 0. The van der Waals surface area contributed by atoms with E-state index in [1.165, 1.54) is 0 Å². The fourth-order valence-corrected chi connectivity index (χ4v) is 2.46. The molecule has 1 atom stereocenters. The number of anilines is 1. The SMILES string of the molecule is CC[C@H](C)NC(=O)C(=O)Nc1ccccc1C(=O)NCc1cccc(C)c1. The zero-order chi connectivity index (χ0) is 19.8. The van der Waals surface area contributed by atoms with Gasteiger partial charge in [0.2, 0.25) is 0 Å². The lowest BCUT2D eigenvalue weighted by Crippen LogP contribution is -2.40. The molecule has 142 valence electrons. The Morgan fingerprint density at radius 1 is 1.00 bits per heavy atom. The molecule has 0 heterocycles. The van der Waals surface area contributed by atoms with Crippen LogP contribution in [0.5, 0.6) is 0 Å². The van der Waals surface area contributed by atoms with Crippen molar-refractivity contribution < 1.29 is 14.4 Å². The van der Waals surface area contributed by atoms with Gasteiger partial charge in [-0.25, -0.2) is 0 Å². The number of para-hydroxylation sites is 1. The van der Waals surface area contributed by atoms with E-state index in [0.717, 1.165) is 17.5 Å². The normalized spacial score (nSPS) is 11.4. The fourth-order valence-electron chi connectivity index (χ4n) is 2.46. The molecule has 6 nitrogen and oxygen atoms in total. The number of aryl methyl sites for hydroxylation is 1. The highest BCUT2D eigenvalue weighted by atomic mass is 16.2. The zero-order valence-electron chi connectivity index (χ0n) is 15.8. The molecule has 0 aliphatic heterocycles. The highest BCUT2D eigenvalue weighted by Gasteiger charge is 2.18. The number of carbonyl (C=O) groups excluding carboxylic acids is 3. The third-order valence-electron chi connectivity index (χ3n) is 4.15. The minimum atomic E-state index is -0.797. The molecular weight excluding hydrogens is 342 g/mol. The van der Waals surface area contributed by atoms with Gasteiger partial charge in [-0.05, 0) is 38.0 Å². The topological polar surface area (TPSA) is 87.3 Å². The van der Waals surface area contributed by atoms with Crippen LogP contribution in [-0.2, 0) is 16.1 Å². The Morgan fingerprint density at radius 3 is 2.44 bits per heavy atom. The van der Waals surface area contributed by atoms with Gasteiger partial charge in [-0.15, -0.1) is 0 Å². The number of benzene rings is 2. The van der Waals surface area contributed by atoms with Crippen molar-refractivity contribution in [2.24, 2.45) is 0 Å². The molecule has 0 saturated heterocycles. The quantitative estimate of drug-likeness (QED) is 0.686. The molecule has 2 rings (SSSR count). The van der Waals surface area contributed by atoms with E-state index in [9.17, 15) is 14.4 Å². The highest BCUT2D eigenvalue weighted by Crippen LogP contribution is 2.15. The van der Waals surface area contributed by atoms with Crippen LogP contribution in [-0.4, -0.2) is 23.8 Å². The molecule has 0 radical (unpaired) electrons. The maximum atomic E-state index is 12.5. The molecule has 0 aliphatic carbocycles. The number of amides is 3. The second-order valence-corrected chi connectivity index (χ2v) is 6.45. The minimum Gasteiger partial charge on any atom is -0.348 e. The highest BCUT2D eigenvalue weighted by molar-refractivity contribution is 6.40. The Morgan fingerprint density at radius 2 is 1.74 bits per heavy atom. The van der Waals surface area contributed by atoms with Gasteiger partial charge in [0.15, 0.2) is 0 Å². The monoisotopic (exact) mass is 367 g/mol. The smallest absolute Gasteiger partial charge is 0.313 e. The Labute approximate surface area is 159 Å². The first-order valence-corrected chi connectivity index (χ1v) is 8.95. The van der Waals surface area contributed by atoms with Crippen LogP contribution in [0.2, 0.25) is 0 Å². The van der Waals surface area contributed by atoms with Crippen LogP contribution in [0.4, 0.5) is 5.69 Å². The van der Waals surface area contributed by atoms with Gasteiger partial charge < -0.3 is 16.0 Å². The minimum absolute atomic E-state index is 0.101. The van der Waals surface area contributed by atoms with Crippen molar-refractivity contribution in [1.82, 2.24) is 10.6 Å². The van der Waals surface area contributed by atoms with E-state index in [1.54, 1.807) is 24.3 Å². The molecule has 6 heteroatoms. The van der Waals surface area contributed by atoms with Crippen molar-refractivity contribution in [3.63, 3.8) is 0 Å². The molecule has 3 N–H and O–H groups in total. The van der Waals surface area contributed by atoms with Gasteiger partial charge in [0, 0.05) is 12.6 Å². The van der Waals surface area contributed by atoms with Crippen molar-refractivity contribution >= 4 is 23.4 Å². The van der Waals surface area contributed by atoms with E-state index in [2.05, 4.69) is 16.0 Å². The summed E-state index contributed by atoms with van der Waals surface area (Å²) in [6.07, 6.45) is 0.719. The zero-order valence-corrected chi connectivity index (χ0v) is 15.8. The Bertz CT molecular complexity index is 833. The predicted octanol–water partition coefficient (Wildman–Crippen LogP) is 2.78. The largest absolute Gasteiger partial charge is 0.348 e. The van der Waals surface area contributed by atoms with Crippen LogP contribution in [0.25, 0.3) is 0 Å². The second-order valence-electron chi connectivity index (χ2n) is 6.45. The summed E-state index contributed by atoms with van der Waals surface area (Å²) in [5, 5.41) is 7.95. The van der Waals surface area contributed by atoms with E-state index in [1.807, 2.05) is 45.0 Å². The molecule has 2 aromatic rings. The average molecular weight is 367 g/mol. The van der Waals surface area contributed by atoms with E-state index in [0.29, 0.717) is 17.8 Å². The van der Waals surface area contributed by atoms with E-state index < -0.39 is 11.8 Å². The second kappa shape index (κ2) is 9.52. The molecule has 0 bridgehead atoms. The molecule has 0 aliphatic rings. The summed E-state index contributed by atoms with van der Waals surface area (Å²) < 4.78 is 0. The molecule has 0 unspecified atom stereocenters. The van der Waals surface area contributed by atoms with Crippen LogP contribution in [0.3, 0.4) is 0 Å². The van der Waals surface area contributed by atoms with Gasteiger partial charge in [0.25, 0.3) is 5.91 Å². The number of carbonyl (C=O) groups is 3. The van der Waals surface area contributed by atoms with Crippen molar-refractivity contribution in [3.8, 4) is 0 Å². The summed E-state index contributed by atoms with van der Waals surface area (Å²) in [4.78, 5) is 36.6. The maximum Gasteiger partial charge on any atom is 0.313 e. The number of nitrogens with one attached hydrogen (secondary N) is 3. The standard InChI is InChI=1S/C21H25N3O3/c1-4-15(3)23-20(26)21(27)24-18-11-6-5-10-17(18)19(25)22-13-16-9-7-8-14(2)12-16/h5-12,15H,4,13H2,1-3H3,(H,22,25)(H,23,26)(H,24,27)/t15-/m0/s1. The van der Waals surface area contributed by atoms with Crippen molar-refractivity contribution in [1.29, 1.82) is 0 Å². The van der Waals surface area contributed by atoms with Gasteiger partial charge in [-0.3, -0.25) is 14.4 Å². The maximum absolute atomic E-state index is 12.5. The average Bonchev–Trinajstić information content (AvgIpc) is 2.66. The lowest BCUT2D eigenvalue weighted by molar-refractivity contribution is -0.136. The van der Waals surface area contributed by atoms with Gasteiger partial charge in [0.05, 0.1) is 11.3 Å². The molecule has 0 saturated carbocycles. The van der Waals surface area contributed by atoms with Crippen LogP contribution in [0, 0.1) is 6.92 Å². The first-order valence-electron chi connectivity index (χ1n) is 8.95. The van der Waals surface area contributed by atoms with E-state index >= 15 is 0 Å². The Hall–Kier alpha value is -3.15. The predicted molar refractivity (Wildman–Crippen MR) is 105 cm³/mol. The lowest BCUT2D eigenvalue weighted by atomic mass is 10.1. The summed E-state index contributed by atoms with van der Waals surface area (Å²) in [5.41, 5.74) is 2.69. The summed E-state index contributed by atoms with van der Waals surface area (Å²) in [5.74, 6) is -1.84. The number of hydrogen-bond acceptors (Lipinski definition) is 3. The van der Waals surface area contributed by atoms with Gasteiger partial charge >= 0.3 is 11.8 Å². The first-order chi connectivity index (χ1) is 12.9. The Kier molecular flexibility index (Phi) is 7.11. The molecule has 0 aromatic heterocycles. The van der Waals surface area contributed by atoms with Crippen LogP contribution >= 0.6 is 0 Å². The molecule has 0 fully saturated rings. The summed E-state index contributed by atoms with van der Waals surface area (Å²) in [6, 6.07) is 14.3. The molecule has 2 aromatic carbocycles. The summed E-state index contributed by atoms with van der Waals surface area (Å²) in [6.45, 7) is 6.09. The first kappa shape index (κ1) is 20.2. The van der Waals surface area contributed by atoms with Gasteiger partial charge in [-0.2, -0.15) is 0 Å². The summed E-state index contributed by atoms with van der Waals surface area (Å²) in [7, 11) is 0. The molecular formula is C21H25N3O3. The number of hydrogen-bond donors (Lipinski definition) is 3. The lowest BCUT2D eigenvalue weighted by Gasteiger charge is -2.13. The molecule has 3 amide bonds.